The zero-order chi connectivity index (χ0) is 13.2. The monoisotopic (exact) mass is 331 g/mol. The highest BCUT2D eigenvalue weighted by atomic mass is 79.9. The largest absolute Gasteiger partial charge is 0.317 e. The summed E-state index contributed by atoms with van der Waals surface area (Å²) < 4.78 is 25.8. The second kappa shape index (κ2) is 5.72. The molecule has 1 aromatic carbocycles. The Hall–Kier alpha value is -0.390. The Bertz CT molecular complexity index is 490. The van der Waals surface area contributed by atoms with E-state index in [0.29, 0.717) is 10.9 Å². The predicted molar refractivity (Wildman–Crippen MR) is 76.4 cm³/mol. The molecule has 5 heteroatoms. The summed E-state index contributed by atoms with van der Waals surface area (Å²) >= 11 is 3.32. The third-order valence-electron chi connectivity index (χ3n) is 3.66. The Morgan fingerprint density at radius 1 is 1.11 bits per heavy atom. The molecule has 0 aliphatic heterocycles. The molecule has 3 nitrogen and oxygen atoms in total. The Morgan fingerprint density at radius 3 is 2.17 bits per heavy atom. The zero-order valence-electron chi connectivity index (χ0n) is 10.4. The van der Waals surface area contributed by atoms with E-state index in [1.807, 2.05) is 7.05 Å². The molecule has 0 aromatic heterocycles. The quantitative estimate of drug-likeness (QED) is 0.926. The van der Waals surface area contributed by atoms with Crippen LogP contribution in [-0.4, -0.2) is 26.8 Å². The minimum Gasteiger partial charge on any atom is -0.317 e. The summed E-state index contributed by atoms with van der Waals surface area (Å²) in [5.41, 5.74) is 0. The van der Waals surface area contributed by atoms with Gasteiger partial charge in [-0.3, -0.25) is 0 Å². The van der Waals surface area contributed by atoms with Crippen molar-refractivity contribution in [3.05, 3.63) is 28.7 Å². The van der Waals surface area contributed by atoms with E-state index in [1.165, 1.54) is 0 Å². The van der Waals surface area contributed by atoms with E-state index >= 15 is 0 Å². The van der Waals surface area contributed by atoms with Gasteiger partial charge in [-0.25, -0.2) is 8.42 Å². The molecule has 0 bridgehead atoms. The lowest BCUT2D eigenvalue weighted by atomic mass is 9.95. The van der Waals surface area contributed by atoms with Gasteiger partial charge in [-0.1, -0.05) is 15.9 Å². The summed E-state index contributed by atoms with van der Waals surface area (Å²) in [6, 6.07) is 7.41. The van der Waals surface area contributed by atoms with Crippen LogP contribution in [0.15, 0.2) is 33.6 Å². The second-order valence-corrected chi connectivity index (χ2v) is 7.91. The van der Waals surface area contributed by atoms with Gasteiger partial charge in [0.2, 0.25) is 0 Å². The molecule has 1 aliphatic rings. The third-order valence-corrected chi connectivity index (χ3v) is 6.47. The Balaban J connectivity index is 2.15. The normalized spacial score (nSPS) is 25.0. The van der Waals surface area contributed by atoms with Crippen LogP contribution >= 0.6 is 15.9 Å². The van der Waals surface area contributed by atoms with E-state index in [1.54, 1.807) is 24.3 Å². The highest BCUT2D eigenvalue weighted by molar-refractivity contribution is 9.10. The van der Waals surface area contributed by atoms with Gasteiger partial charge in [0.1, 0.15) is 0 Å². The number of nitrogens with one attached hydrogen (secondary N) is 1. The van der Waals surface area contributed by atoms with E-state index in [0.717, 1.165) is 30.2 Å². The molecule has 0 atom stereocenters. The van der Waals surface area contributed by atoms with Crippen LogP contribution in [0.5, 0.6) is 0 Å². The van der Waals surface area contributed by atoms with Gasteiger partial charge in [0, 0.05) is 10.5 Å². The highest BCUT2D eigenvalue weighted by Crippen LogP contribution is 2.29. The van der Waals surface area contributed by atoms with E-state index in [2.05, 4.69) is 21.2 Å². The smallest absolute Gasteiger partial charge is 0.181 e. The molecule has 0 amide bonds. The minimum absolute atomic E-state index is 0.219. The van der Waals surface area contributed by atoms with Crippen LogP contribution in [0.2, 0.25) is 0 Å². The molecular weight excluding hydrogens is 314 g/mol. The van der Waals surface area contributed by atoms with Gasteiger partial charge in [0.15, 0.2) is 9.84 Å². The summed E-state index contributed by atoms with van der Waals surface area (Å²) in [5, 5.41) is 3.00. The van der Waals surface area contributed by atoms with Crippen LogP contribution in [0.1, 0.15) is 25.7 Å². The fourth-order valence-corrected chi connectivity index (χ4v) is 4.54. The molecule has 0 saturated heterocycles. The number of sulfone groups is 1. The van der Waals surface area contributed by atoms with Crippen molar-refractivity contribution in [1.29, 1.82) is 0 Å². The first-order chi connectivity index (χ1) is 8.54. The summed E-state index contributed by atoms with van der Waals surface area (Å²) in [7, 11) is -1.22. The Labute approximate surface area is 117 Å². The first-order valence-corrected chi connectivity index (χ1v) is 8.54. The van der Waals surface area contributed by atoms with Gasteiger partial charge in [-0.15, -0.1) is 0 Å². The second-order valence-electron chi connectivity index (χ2n) is 4.76. The van der Waals surface area contributed by atoms with Gasteiger partial charge in [-0.05, 0) is 57.0 Å². The number of hydrogen-bond donors (Lipinski definition) is 1. The lowest BCUT2D eigenvalue weighted by Gasteiger charge is -2.28. The molecule has 18 heavy (non-hydrogen) atoms. The van der Waals surface area contributed by atoms with Gasteiger partial charge in [0.25, 0.3) is 0 Å². The molecule has 0 heterocycles. The molecule has 1 fully saturated rings. The predicted octanol–water partition coefficient (Wildman–Crippen LogP) is 2.75. The van der Waals surface area contributed by atoms with Gasteiger partial charge in [0.05, 0.1) is 10.1 Å². The maximum absolute atomic E-state index is 12.5. The van der Waals surface area contributed by atoms with Crippen LogP contribution in [0, 0.1) is 0 Å². The van der Waals surface area contributed by atoms with Crippen LogP contribution in [-0.2, 0) is 9.84 Å². The molecule has 100 valence electrons. The molecule has 1 aromatic rings. The fraction of sp³-hybridized carbons (Fsp3) is 0.538. The van der Waals surface area contributed by atoms with E-state index < -0.39 is 9.84 Å². The first kappa shape index (κ1) is 14.0. The van der Waals surface area contributed by atoms with E-state index in [9.17, 15) is 8.42 Å². The van der Waals surface area contributed by atoms with Crippen LogP contribution in [0.3, 0.4) is 0 Å². The fourth-order valence-electron chi connectivity index (χ4n) is 2.48. The molecule has 1 N–H and O–H groups in total. The molecular formula is C13H18BrNO2S. The van der Waals surface area contributed by atoms with Crippen molar-refractivity contribution in [2.24, 2.45) is 0 Å². The van der Waals surface area contributed by atoms with Gasteiger partial charge < -0.3 is 5.32 Å². The number of hydrogen-bond acceptors (Lipinski definition) is 3. The lowest BCUT2D eigenvalue weighted by molar-refractivity contribution is 0.391. The molecule has 0 unspecified atom stereocenters. The maximum Gasteiger partial charge on any atom is 0.181 e. The molecule has 0 spiro atoms. The standard InChI is InChI=1S/C13H18BrNO2S/c1-15-11-4-8-13(9-5-11)18(16,17)12-6-2-10(14)3-7-12/h2-3,6-7,11,13,15H,4-5,8-9H2,1H3. The third kappa shape index (κ3) is 2.95. The summed E-state index contributed by atoms with van der Waals surface area (Å²) in [5.74, 6) is 0. The van der Waals surface area contributed by atoms with Crippen molar-refractivity contribution in [2.75, 3.05) is 7.05 Å². The van der Waals surface area contributed by atoms with Crippen molar-refractivity contribution >= 4 is 25.8 Å². The van der Waals surface area contributed by atoms with Crippen molar-refractivity contribution in [3.8, 4) is 0 Å². The van der Waals surface area contributed by atoms with Gasteiger partial charge >= 0.3 is 0 Å². The average Bonchev–Trinajstić information content (AvgIpc) is 2.39. The first-order valence-electron chi connectivity index (χ1n) is 6.21. The van der Waals surface area contributed by atoms with Crippen molar-refractivity contribution in [3.63, 3.8) is 0 Å². The molecule has 0 radical (unpaired) electrons. The zero-order valence-corrected chi connectivity index (χ0v) is 12.8. The maximum atomic E-state index is 12.5. The summed E-state index contributed by atoms with van der Waals surface area (Å²) in [6.45, 7) is 0. The minimum atomic E-state index is -3.16. The lowest BCUT2D eigenvalue weighted by Crippen LogP contribution is -2.35. The van der Waals surface area contributed by atoms with Crippen molar-refractivity contribution in [1.82, 2.24) is 5.32 Å². The molecule has 2 rings (SSSR count). The molecule has 1 aliphatic carbocycles. The summed E-state index contributed by atoms with van der Waals surface area (Å²) in [4.78, 5) is 0.443. The van der Waals surface area contributed by atoms with Crippen LogP contribution < -0.4 is 5.32 Å². The van der Waals surface area contributed by atoms with E-state index in [-0.39, 0.29) is 5.25 Å². The van der Waals surface area contributed by atoms with E-state index in [4.69, 9.17) is 0 Å². The van der Waals surface area contributed by atoms with Crippen molar-refractivity contribution in [2.45, 2.75) is 41.9 Å². The Kier molecular flexibility index (Phi) is 4.45. The van der Waals surface area contributed by atoms with Gasteiger partial charge in [-0.2, -0.15) is 0 Å². The average molecular weight is 332 g/mol. The SMILES string of the molecule is CNC1CCC(S(=O)(=O)c2ccc(Br)cc2)CC1. The number of rotatable bonds is 3. The number of benzene rings is 1. The Morgan fingerprint density at radius 2 is 1.67 bits per heavy atom. The molecule has 1 saturated carbocycles. The number of halogens is 1. The van der Waals surface area contributed by atoms with Crippen LogP contribution in [0.4, 0.5) is 0 Å². The summed E-state index contributed by atoms with van der Waals surface area (Å²) in [6.07, 6.45) is 3.39. The topological polar surface area (TPSA) is 46.2 Å². The highest BCUT2D eigenvalue weighted by Gasteiger charge is 2.31. The van der Waals surface area contributed by atoms with Crippen LogP contribution in [0.25, 0.3) is 0 Å². The van der Waals surface area contributed by atoms with Crippen molar-refractivity contribution < 1.29 is 8.42 Å².